The van der Waals surface area contributed by atoms with E-state index in [1.165, 1.54) is 48.5 Å². The lowest BCUT2D eigenvalue weighted by molar-refractivity contribution is -0.302. The summed E-state index contributed by atoms with van der Waals surface area (Å²) < 4.78 is 186. The molecule has 2 aliphatic carbocycles. The Morgan fingerprint density at radius 2 is 0.542 bits per heavy atom. The monoisotopic (exact) mass is 674 g/mol. The molecule has 0 saturated heterocycles. The van der Waals surface area contributed by atoms with Crippen LogP contribution in [0, 0.1) is 0 Å². The SMILES string of the molecule is FC1(F)c2c(c3ccc4c5c(c6ccc7ccccc7c6c4c3c3c2ccc2ccccc23)C(F)(F)C(F)(F)C5(F)F)C(F)(F)C1(F)F. The molecule has 0 fully saturated rings. The second-order valence-electron chi connectivity index (χ2n) is 12.3. The molecule has 12 heteroatoms. The van der Waals surface area contributed by atoms with Crippen LogP contribution in [0.3, 0.4) is 0 Å². The molecule has 0 N–H and O–H groups in total. The molecule has 0 aliphatic heterocycles. The minimum absolute atomic E-state index is 0.0564. The predicted octanol–water partition coefficient (Wildman–Crippen LogP) is 12.3. The first kappa shape index (κ1) is 29.4. The molecular formula is C36H14F12. The van der Waals surface area contributed by atoms with Crippen molar-refractivity contribution in [3.8, 4) is 0 Å². The zero-order valence-corrected chi connectivity index (χ0v) is 23.6. The van der Waals surface area contributed by atoms with Gasteiger partial charge in [0.15, 0.2) is 0 Å². The van der Waals surface area contributed by atoms with Gasteiger partial charge in [-0.1, -0.05) is 84.9 Å². The van der Waals surface area contributed by atoms with Gasteiger partial charge in [-0.05, 0) is 64.6 Å². The first-order valence-corrected chi connectivity index (χ1v) is 14.4. The highest BCUT2D eigenvalue weighted by molar-refractivity contribution is 6.37. The molecule has 0 amide bonds. The van der Waals surface area contributed by atoms with Gasteiger partial charge >= 0.3 is 35.5 Å². The molecule has 0 atom stereocenters. The Bertz CT molecular complexity index is 2450. The number of alkyl halides is 12. The minimum atomic E-state index is -5.94. The van der Waals surface area contributed by atoms with Crippen molar-refractivity contribution in [2.45, 2.75) is 35.5 Å². The van der Waals surface area contributed by atoms with E-state index in [4.69, 9.17) is 0 Å². The standard InChI is InChI=1S/C36H14F12/c37-31(38)27-19-11-9-15-5-1-3-7-17(15)23(19)25-21(29(27)33(41,42)35(31,45)46)13-14-22-26(25)24-18-8-4-2-6-16(18)10-12-20(24)28-30(22)34(43,44)36(47,48)32(28,39)40/h1-14H. The highest BCUT2D eigenvalue weighted by Gasteiger charge is 2.81. The van der Waals surface area contributed by atoms with Crippen LogP contribution in [0.15, 0.2) is 84.9 Å². The molecule has 9 rings (SSSR count). The van der Waals surface area contributed by atoms with Crippen molar-refractivity contribution >= 4 is 64.6 Å². The smallest absolute Gasteiger partial charge is 0.194 e. The Kier molecular flexibility index (Phi) is 5.07. The van der Waals surface area contributed by atoms with Crippen LogP contribution in [-0.4, -0.2) is 11.8 Å². The van der Waals surface area contributed by atoms with E-state index in [2.05, 4.69) is 0 Å². The van der Waals surface area contributed by atoms with Crippen molar-refractivity contribution in [3.63, 3.8) is 0 Å². The van der Waals surface area contributed by atoms with Crippen molar-refractivity contribution in [3.05, 3.63) is 107 Å². The van der Waals surface area contributed by atoms with E-state index >= 15 is 52.7 Å². The first-order chi connectivity index (χ1) is 22.4. The molecule has 48 heavy (non-hydrogen) atoms. The van der Waals surface area contributed by atoms with Crippen molar-refractivity contribution in [2.75, 3.05) is 0 Å². The van der Waals surface area contributed by atoms with E-state index in [0.717, 1.165) is 12.1 Å². The summed E-state index contributed by atoms with van der Waals surface area (Å²) in [5.41, 5.74) is -6.89. The summed E-state index contributed by atoms with van der Waals surface area (Å²) in [5, 5.41) is -4.30. The lowest BCUT2D eigenvalue weighted by atomic mass is 9.82. The highest BCUT2D eigenvalue weighted by Crippen LogP contribution is 2.69. The molecule has 0 bridgehead atoms. The second kappa shape index (κ2) is 8.27. The maximum Gasteiger partial charge on any atom is 0.380 e. The molecule has 242 valence electrons. The van der Waals surface area contributed by atoms with Gasteiger partial charge in [-0.2, -0.15) is 52.7 Å². The first-order valence-electron chi connectivity index (χ1n) is 14.4. The van der Waals surface area contributed by atoms with E-state index in [-0.39, 0.29) is 21.5 Å². The van der Waals surface area contributed by atoms with Crippen LogP contribution in [0.25, 0.3) is 64.6 Å². The zero-order chi connectivity index (χ0) is 34.1. The fourth-order valence-electron chi connectivity index (χ4n) is 7.90. The summed E-state index contributed by atoms with van der Waals surface area (Å²) in [5.74, 6) is -33.7. The van der Waals surface area contributed by atoms with Gasteiger partial charge in [-0.25, -0.2) is 0 Å². The van der Waals surface area contributed by atoms with Gasteiger partial charge in [0.25, 0.3) is 0 Å². The Labute approximate surface area is 260 Å². The number of fused-ring (bicyclic) bond motifs is 17. The second-order valence-corrected chi connectivity index (χ2v) is 12.3. The summed E-state index contributed by atoms with van der Waals surface area (Å²) in [7, 11) is 0. The number of halogens is 12. The number of hydrogen-bond donors (Lipinski definition) is 0. The van der Waals surface area contributed by atoms with Gasteiger partial charge in [-0.3, -0.25) is 0 Å². The van der Waals surface area contributed by atoms with Crippen LogP contribution in [0.1, 0.15) is 22.3 Å². The average Bonchev–Trinajstić information content (AvgIpc) is 3.23. The number of rotatable bonds is 0. The molecule has 0 heterocycles. The molecule has 0 radical (unpaired) electrons. The lowest BCUT2D eigenvalue weighted by Gasteiger charge is -2.24. The number of hydrogen-bond acceptors (Lipinski definition) is 0. The van der Waals surface area contributed by atoms with Crippen molar-refractivity contribution in [2.24, 2.45) is 0 Å². The van der Waals surface area contributed by atoms with E-state index in [9.17, 15) is 0 Å². The van der Waals surface area contributed by atoms with Crippen LogP contribution in [0.4, 0.5) is 52.7 Å². The van der Waals surface area contributed by atoms with Crippen LogP contribution in [0.2, 0.25) is 0 Å². The summed E-state index contributed by atoms with van der Waals surface area (Å²) in [6, 6.07) is 17.2. The molecule has 0 unspecified atom stereocenters. The minimum Gasteiger partial charge on any atom is -0.194 e. The maximum atomic E-state index is 15.7. The summed E-state index contributed by atoms with van der Waals surface area (Å²) in [4.78, 5) is 0. The van der Waals surface area contributed by atoms with Crippen LogP contribution in [0.5, 0.6) is 0 Å². The molecule has 0 spiro atoms. The van der Waals surface area contributed by atoms with E-state index in [0.29, 0.717) is 22.9 Å². The maximum absolute atomic E-state index is 15.7. The van der Waals surface area contributed by atoms with E-state index in [1.54, 1.807) is 12.1 Å². The lowest BCUT2D eigenvalue weighted by Crippen LogP contribution is -2.43. The third-order valence-corrected chi connectivity index (χ3v) is 9.97. The van der Waals surface area contributed by atoms with Gasteiger partial charge in [-0.15, -0.1) is 0 Å². The fraction of sp³-hybridized carbons (Fsp3) is 0.167. The molecule has 0 saturated carbocycles. The quantitative estimate of drug-likeness (QED) is 0.111. The molecule has 2 aliphatic rings. The Morgan fingerprint density at radius 1 is 0.271 bits per heavy atom. The molecule has 7 aromatic carbocycles. The summed E-state index contributed by atoms with van der Waals surface area (Å²) >= 11 is 0. The summed E-state index contributed by atoms with van der Waals surface area (Å²) in [6.07, 6.45) is 0. The van der Waals surface area contributed by atoms with Crippen molar-refractivity contribution in [1.82, 2.24) is 0 Å². The van der Waals surface area contributed by atoms with Gasteiger partial charge in [0.2, 0.25) is 0 Å². The molecule has 7 aromatic rings. The van der Waals surface area contributed by atoms with Gasteiger partial charge in [0.05, 0.1) is 0 Å². The third-order valence-electron chi connectivity index (χ3n) is 9.97. The Hall–Kier alpha value is -4.74. The van der Waals surface area contributed by atoms with Gasteiger partial charge < -0.3 is 0 Å². The normalized spacial score (nSPS) is 21.1. The van der Waals surface area contributed by atoms with Gasteiger partial charge in [0, 0.05) is 22.3 Å². The van der Waals surface area contributed by atoms with E-state index in [1.807, 2.05) is 0 Å². The molecular weight excluding hydrogens is 660 g/mol. The topological polar surface area (TPSA) is 0 Å². The van der Waals surface area contributed by atoms with Crippen LogP contribution >= 0.6 is 0 Å². The third kappa shape index (κ3) is 2.88. The van der Waals surface area contributed by atoms with Crippen molar-refractivity contribution in [1.29, 1.82) is 0 Å². The summed E-state index contributed by atoms with van der Waals surface area (Å²) in [6.45, 7) is 0. The molecule has 0 nitrogen and oxygen atoms in total. The Balaban J connectivity index is 1.71. The van der Waals surface area contributed by atoms with Crippen LogP contribution < -0.4 is 0 Å². The highest BCUT2D eigenvalue weighted by atomic mass is 19.4. The zero-order valence-electron chi connectivity index (χ0n) is 23.6. The Morgan fingerprint density at radius 3 is 0.875 bits per heavy atom. The largest absolute Gasteiger partial charge is 0.380 e. The van der Waals surface area contributed by atoms with Gasteiger partial charge in [0.1, 0.15) is 0 Å². The van der Waals surface area contributed by atoms with Crippen molar-refractivity contribution < 1.29 is 52.7 Å². The molecule has 0 aromatic heterocycles. The van der Waals surface area contributed by atoms with Crippen LogP contribution in [-0.2, 0) is 23.7 Å². The van der Waals surface area contributed by atoms with E-state index < -0.39 is 90.1 Å². The average molecular weight is 674 g/mol. The fourth-order valence-corrected chi connectivity index (χ4v) is 7.90. The number of benzene rings is 7. The predicted molar refractivity (Wildman–Crippen MR) is 157 cm³/mol.